The summed E-state index contributed by atoms with van der Waals surface area (Å²) >= 11 is 1.47. The second-order valence-electron chi connectivity index (χ2n) is 7.56. The van der Waals surface area contributed by atoms with Gasteiger partial charge in [-0.25, -0.2) is 10.4 Å². The zero-order chi connectivity index (χ0) is 21.6. The minimum atomic E-state index is -0.316. The van der Waals surface area contributed by atoms with Crippen LogP contribution in [-0.4, -0.2) is 40.1 Å². The number of nitrogens with zero attached hydrogens (tertiary/aromatic N) is 3. The van der Waals surface area contributed by atoms with Gasteiger partial charge >= 0.3 is 0 Å². The fraction of sp³-hybridized carbons (Fsp3) is 0.364. The minimum absolute atomic E-state index is 0.00173. The molecule has 162 valence electrons. The van der Waals surface area contributed by atoms with Crippen molar-refractivity contribution in [1.29, 1.82) is 0 Å². The molecule has 0 saturated heterocycles. The summed E-state index contributed by atoms with van der Waals surface area (Å²) in [4.78, 5) is 29.6. The van der Waals surface area contributed by atoms with Crippen molar-refractivity contribution in [2.24, 2.45) is 5.10 Å². The average molecular weight is 440 g/mol. The van der Waals surface area contributed by atoms with Gasteiger partial charge in [-0.3, -0.25) is 14.0 Å². The van der Waals surface area contributed by atoms with Crippen LogP contribution in [0.5, 0.6) is 5.75 Å². The van der Waals surface area contributed by atoms with E-state index in [1.165, 1.54) is 30.6 Å². The molecule has 0 radical (unpaired) electrons. The Morgan fingerprint density at radius 2 is 2.03 bits per heavy atom. The number of imidazole rings is 1. The summed E-state index contributed by atoms with van der Waals surface area (Å²) in [5, 5.41) is 8.94. The summed E-state index contributed by atoms with van der Waals surface area (Å²) in [7, 11) is 0. The quantitative estimate of drug-likeness (QED) is 0.436. The first kappa shape index (κ1) is 21.0. The highest BCUT2D eigenvalue weighted by Crippen LogP contribution is 2.18. The van der Waals surface area contributed by atoms with Crippen LogP contribution in [0.3, 0.4) is 0 Å². The summed E-state index contributed by atoms with van der Waals surface area (Å²) in [5.74, 6) is 0.202. The lowest BCUT2D eigenvalue weighted by molar-refractivity contribution is -0.124. The van der Waals surface area contributed by atoms with Crippen LogP contribution in [0.2, 0.25) is 0 Å². The van der Waals surface area contributed by atoms with E-state index in [4.69, 9.17) is 4.74 Å². The second kappa shape index (κ2) is 9.74. The van der Waals surface area contributed by atoms with Gasteiger partial charge in [-0.1, -0.05) is 19.3 Å². The van der Waals surface area contributed by atoms with Crippen molar-refractivity contribution >= 4 is 34.3 Å². The molecule has 2 aromatic heterocycles. The van der Waals surface area contributed by atoms with E-state index in [2.05, 4.69) is 20.8 Å². The van der Waals surface area contributed by atoms with Gasteiger partial charge in [0.25, 0.3) is 11.8 Å². The van der Waals surface area contributed by atoms with Crippen LogP contribution in [0.4, 0.5) is 0 Å². The molecule has 1 aromatic carbocycles. The lowest BCUT2D eigenvalue weighted by atomic mass is 9.95. The number of aryl methyl sites for hydroxylation is 1. The first-order valence-corrected chi connectivity index (χ1v) is 11.3. The van der Waals surface area contributed by atoms with E-state index < -0.39 is 0 Å². The smallest absolute Gasteiger partial charge is 0.290 e. The zero-order valence-corrected chi connectivity index (χ0v) is 18.2. The van der Waals surface area contributed by atoms with Gasteiger partial charge < -0.3 is 10.1 Å². The molecule has 1 fully saturated rings. The summed E-state index contributed by atoms with van der Waals surface area (Å²) in [5.41, 5.74) is 4.47. The number of fused-ring (bicyclic) bond motifs is 1. The van der Waals surface area contributed by atoms with E-state index in [1.54, 1.807) is 29.7 Å². The van der Waals surface area contributed by atoms with E-state index in [0.29, 0.717) is 17.1 Å². The molecule has 0 spiro atoms. The summed E-state index contributed by atoms with van der Waals surface area (Å²) in [6.45, 7) is 1.80. The van der Waals surface area contributed by atoms with Gasteiger partial charge in [-0.2, -0.15) is 5.10 Å². The van der Waals surface area contributed by atoms with Crippen LogP contribution < -0.4 is 15.5 Å². The Hall–Kier alpha value is -3.20. The number of hydrogen-bond donors (Lipinski definition) is 2. The average Bonchev–Trinajstić information content (AvgIpc) is 3.33. The van der Waals surface area contributed by atoms with E-state index in [1.807, 2.05) is 23.7 Å². The molecule has 0 unspecified atom stereocenters. The van der Waals surface area contributed by atoms with Gasteiger partial charge in [0, 0.05) is 17.6 Å². The number of ether oxygens (including phenoxy) is 1. The number of rotatable bonds is 7. The fourth-order valence-corrected chi connectivity index (χ4v) is 4.46. The number of benzene rings is 1. The maximum atomic E-state index is 12.4. The van der Waals surface area contributed by atoms with Crippen molar-refractivity contribution in [2.75, 3.05) is 6.61 Å². The van der Waals surface area contributed by atoms with Crippen LogP contribution in [0.25, 0.3) is 4.96 Å². The third-order valence-electron chi connectivity index (χ3n) is 5.25. The van der Waals surface area contributed by atoms with Crippen molar-refractivity contribution in [3.05, 3.63) is 52.8 Å². The largest absolute Gasteiger partial charge is 0.484 e. The molecule has 31 heavy (non-hydrogen) atoms. The Labute approximate surface area is 184 Å². The van der Waals surface area contributed by atoms with Gasteiger partial charge in [0.2, 0.25) is 0 Å². The number of aromatic nitrogens is 2. The Morgan fingerprint density at radius 3 is 2.81 bits per heavy atom. The Kier molecular flexibility index (Phi) is 6.61. The van der Waals surface area contributed by atoms with E-state index in [9.17, 15) is 9.59 Å². The van der Waals surface area contributed by atoms with Gasteiger partial charge in [-0.05, 0) is 49.6 Å². The van der Waals surface area contributed by atoms with Gasteiger partial charge in [0.15, 0.2) is 11.6 Å². The third-order valence-corrected chi connectivity index (χ3v) is 6.01. The molecule has 9 heteroatoms. The molecule has 2 N–H and O–H groups in total. The maximum Gasteiger partial charge on any atom is 0.290 e. The highest BCUT2D eigenvalue weighted by Gasteiger charge is 2.17. The molecule has 8 nitrogen and oxygen atoms in total. The summed E-state index contributed by atoms with van der Waals surface area (Å²) < 4.78 is 7.32. The predicted molar refractivity (Wildman–Crippen MR) is 120 cm³/mol. The van der Waals surface area contributed by atoms with Crippen LogP contribution in [0, 0.1) is 6.92 Å². The van der Waals surface area contributed by atoms with E-state index >= 15 is 0 Å². The van der Waals surface area contributed by atoms with Crippen LogP contribution in [0.1, 0.15) is 53.8 Å². The van der Waals surface area contributed by atoms with Crippen molar-refractivity contribution in [1.82, 2.24) is 20.1 Å². The Balaban J connectivity index is 1.25. The standard InChI is InChI=1S/C22H25N5O3S/c1-15-20(27-11-12-31-22(27)24-15)21(29)26-23-13-16-7-9-18(10-8-16)30-14-19(28)25-17-5-3-2-4-6-17/h7-13,17H,2-6,14H2,1H3,(H,25,28)(H,26,29)/b23-13-. The van der Waals surface area contributed by atoms with E-state index in [-0.39, 0.29) is 24.5 Å². The molecule has 1 aliphatic rings. The molecule has 0 atom stereocenters. The first-order chi connectivity index (χ1) is 15.1. The normalized spacial score (nSPS) is 14.7. The lowest BCUT2D eigenvalue weighted by Crippen LogP contribution is -2.38. The molecule has 4 rings (SSSR count). The molecule has 2 amide bonds. The lowest BCUT2D eigenvalue weighted by Gasteiger charge is -2.22. The van der Waals surface area contributed by atoms with Crippen molar-refractivity contribution in [3.8, 4) is 5.75 Å². The zero-order valence-electron chi connectivity index (χ0n) is 17.3. The maximum absolute atomic E-state index is 12.4. The van der Waals surface area contributed by atoms with Crippen LogP contribution >= 0.6 is 11.3 Å². The number of hydrazone groups is 1. The SMILES string of the molecule is Cc1nc2sccn2c1C(=O)N/N=C\c1ccc(OCC(=O)NC2CCCCC2)cc1. The molecule has 2 heterocycles. The molecule has 1 aliphatic carbocycles. The Bertz CT molecular complexity index is 1080. The number of nitrogens with one attached hydrogen (secondary N) is 2. The number of amides is 2. The van der Waals surface area contributed by atoms with Crippen molar-refractivity contribution in [2.45, 2.75) is 45.1 Å². The van der Waals surface area contributed by atoms with Gasteiger partial charge in [0.1, 0.15) is 11.4 Å². The molecular formula is C22H25N5O3S. The fourth-order valence-electron chi connectivity index (χ4n) is 3.70. The molecule has 0 bridgehead atoms. The van der Waals surface area contributed by atoms with Crippen molar-refractivity contribution < 1.29 is 14.3 Å². The molecular weight excluding hydrogens is 414 g/mol. The highest BCUT2D eigenvalue weighted by molar-refractivity contribution is 7.15. The van der Waals surface area contributed by atoms with E-state index in [0.717, 1.165) is 23.4 Å². The Morgan fingerprint density at radius 1 is 1.26 bits per heavy atom. The molecule has 0 aliphatic heterocycles. The monoisotopic (exact) mass is 439 g/mol. The number of carbonyl (C=O) groups excluding carboxylic acids is 2. The summed E-state index contributed by atoms with van der Waals surface area (Å²) in [6, 6.07) is 7.44. The van der Waals surface area contributed by atoms with Crippen LogP contribution in [-0.2, 0) is 4.79 Å². The number of carbonyl (C=O) groups is 2. The topological polar surface area (TPSA) is 97.1 Å². The highest BCUT2D eigenvalue weighted by atomic mass is 32.1. The summed E-state index contributed by atoms with van der Waals surface area (Å²) in [6.07, 6.45) is 9.07. The molecule has 3 aromatic rings. The predicted octanol–water partition coefficient (Wildman–Crippen LogP) is 3.30. The second-order valence-corrected chi connectivity index (χ2v) is 8.43. The van der Waals surface area contributed by atoms with Gasteiger partial charge in [0.05, 0.1) is 11.9 Å². The van der Waals surface area contributed by atoms with Crippen LogP contribution in [0.15, 0.2) is 40.9 Å². The minimum Gasteiger partial charge on any atom is -0.484 e. The first-order valence-electron chi connectivity index (χ1n) is 10.4. The van der Waals surface area contributed by atoms with Crippen molar-refractivity contribution in [3.63, 3.8) is 0 Å². The molecule has 1 saturated carbocycles. The third kappa shape index (κ3) is 5.29. The van der Waals surface area contributed by atoms with Gasteiger partial charge in [-0.15, -0.1) is 11.3 Å². The number of thiazole rings is 1. The number of hydrogen-bond acceptors (Lipinski definition) is 6.